The van der Waals surface area contributed by atoms with Crippen LogP contribution in [0.5, 0.6) is 0 Å². The fraction of sp³-hybridized carbons (Fsp3) is 0.229. The molecule has 1 aromatic heterocycles. The van der Waals surface area contributed by atoms with Crippen molar-refractivity contribution in [1.29, 1.82) is 0 Å². The van der Waals surface area contributed by atoms with Crippen LogP contribution < -0.4 is 15.5 Å². The molecule has 1 saturated heterocycles. The molecule has 7 nitrogen and oxygen atoms in total. The molecule has 1 aliphatic heterocycles. The summed E-state index contributed by atoms with van der Waals surface area (Å²) in [5.74, 6) is -0.150. The average molecular weight is 612 g/mol. The normalized spacial score (nSPS) is 14.0. The largest absolute Gasteiger partial charge is 0.416 e. The number of anilines is 4. The van der Waals surface area contributed by atoms with Crippen molar-refractivity contribution in [1.82, 2.24) is 9.97 Å². The van der Waals surface area contributed by atoms with Crippen molar-refractivity contribution in [3.8, 4) is 11.1 Å². The van der Waals surface area contributed by atoms with E-state index in [0.29, 0.717) is 11.6 Å². The van der Waals surface area contributed by atoms with Crippen LogP contribution in [0.2, 0.25) is 0 Å². The summed E-state index contributed by atoms with van der Waals surface area (Å²) in [5.41, 5.74) is 5.97. The van der Waals surface area contributed by atoms with Gasteiger partial charge in [0.25, 0.3) is 5.91 Å². The molecule has 1 aliphatic rings. The van der Waals surface area contributed by atoms with Crippen molar-refractivity contribution in [3.63, 3.8) is 0 Å². The molecule has 0 unspecified atom stereocenters. The highest BCUT2D eigenvalue weighted by Crippen LogP contribution is 2.33. The summed E-state index contributed by atoms with van der Waals surface area (Å²) in [6.45, 7) is 5.60. The van der Waals surface area contributed by atoms with E-state index in [2.05, 4.69) is 32.7 Å². The summed E-state index contributed by atoms with van der Waals surface area (Å²) in [7, 11) is 0. The number of rotatable bonds is 6. The number of aliphatic hydroxyl groups is 1. The number of hydrogen-bond donors (Lipinski definition) is 3. The number of piperidine rings is 1. The zero-order valence-corrected chi connectivity index (χ0v) is 24.8. The number of benzene rings is 4. The molecule has 3 N–H and O–H groups in total. The Hall–Kier alpha value is -4.96. The molecule has 0 aliphatic carbocycles. The maximum absolute atomic E-state index is 13.1. The zero-order chi connectivity index (χ0) is 31.7. The zero-order valence-electron chi connectivity index (χ0n) is 24.8. The highest BCUT2D eigenvalue weighted by molar-refractivity contribution is 6.04. The molecule has 0 spiro atoms. The number of hydrogen-bond acceptors (Lipinski definition) is 6. The van der Waals surface area contributed by atoms with Gasteiger partial charge in [-0.3, -0.25) is 4.79 Å². The van der Waals surface area contributed by atoms with Crippen molar-refractivity contribution in [2.45, 2.75) is 39.0 Å². The van der Waals surface area contributed by atoms with Gasteiger partial charge in [0, 0.05) is 47.3 Å². The Morgan fingerprint density at radius 2 is 1.64 bits per heavy atom. The number of carbonyl (C=O) groups is 1. The quantitative estimate of drug-likeness (QED) is 0.181. The van der Waals surface area contributed by atoms with E-state index in [1.165, 1.54) is 12.1 Å². The third-order valence-electron chi connectivity index (χ3n) is 8.09. The molecule has 1 fully saturated rings. The number of carbonyl (C=O) groups excluding carboxylic acids is 1. The maximum atomic E-state index is 13.1. The van der Waals surface area contributed by atoms with E-state index in [9.17, 15) is 23.1 Å². The van der Waals surface area contributed by atoms with Crippen LogP contribution in [-0.4, -0.2) is 40.2 Å². The van der Waals surface area contributed by atoms with Crippen LogP contribution in [0.1, 0.15) is 39.9 Å². The van der Waals surface area contributed by atoms with Gasteiger partial charge >= 0.3 is 6.18 Å². The van der Waals surface area contributed by atoms with E-state index in [1.807, 2.05) is 50.2 Å². The third kappa shape index (κ3) is 6.76. The van der Waals surface area contributed by atoms with Gasteiger partial charge in [0.05, 0.1) is 17.2 Å². The molecule has 2 heterocycles. The number of nitrogens with zero attached hydrogens (tertiary/aromatic N) is 3. The van der Waals surface area contributed by atoms with Gasteiger partial charge in [-0.05, 0) is 116 Å². The molecular formula is C35H32F3N5O2. The van der Waals surface area contributed by atoms with Crippen molar-refractivity contribution >= 4 is 39.8 Å². The number of alkyl halides is 3. The fourth-order valence-electron chi connectivity index (χ4n) is 5.60. The second-order valence-corrected chi connectivity index (χ2v) is 11.4. The van der Waals surface area contributed by atoms with Gasteiger partial charge in [-0.1, -0.05) is 12.1 Å². The number of amides is 1. The van der Waals surface area contributed by atoms with E-state index in [0.717, 1.165) is 82.6 Å². The molecule has 1 amide bonds. The first-order valence-corrected chi connectivity index (χ1v) is 14.7. The molecule has 4 aromatic carbocycles. The number of nitrogens with one attached hydrogen (secondary N) is 2. The van der Waals surface area contributed by atoms with E-state index in [-0.39, 0.29) is 11.7 Å². The summed E-state index contributed by atoms with van der Waals surface area (Å²) in [5, 5.41) is 16.6. The summed E-state index contributed by atoms with van der Waals surface area (Å²) in [6, 6.07) is 21.8. The lowest BCUT2D eigenvalue weighted by Crippen LogP contribution is -2.35. The topological polar surface area (TPSA) is 90.4 Å². The van der Waals surface area contributed by atoms with Gasteiger partial charge in [0.15, 0.2) is 0 Å². The lowest BCUT2D eigenvalue weighted by atomic mass is 9.96. The van der Waals surface area contributed by atoms with Crippen LogP contribution in [0.25, 0.3) is 22.0 Å². The van der Waals surface area contributed by atoms with Gasteiger partial charge in [-0.25, -0.2) is 9.97 Å². The lowest BCUT2D eigenvalue weighted by Gasteiger charge is -2.31. The van der Waals surface area contributed by atoms with Crippen LogP contribution in [0.4, 0.5) is 36.2 Å². The molecule has 45 heavy (non-hydrogen) atoms. The van der Waals surface area contributed by atoms with E-state index in [4.69, 9.17) is 4.98 Å². The molecule has 0 saturated carbocycles. The highest BCUT2D eigenvalue weighted by atomic mass is 19.4. The monoisotopic (exact) mass is 611 g/mol. The SMILES string of the molecule is Cc1ccc(NC(=O)c2cccc(C(F)(F)F)c2)cc1-c1cc(C)c2nc(Nc3ccc(N4CCC(O)CC4)cc3)ncc2c1. The minimum absolute atomic E-state index is 0.0752. The van der Waals surface area contributed by atoms with Gasteiger partial charge in [0.2, 0.25) is 5.95 Å². The predicted octanol–water partition coefficient (Wildman–Crippen LogP) is 7.89. The van der Waals surface area contributed by atoms with Gasteiger partial charge in [0.1, 0.15) is 0 Å². The minimum Gasteiger partial charge on any atom is -0.393 e. The van der Waals surface area contributed by atoms with Crippen molar-refractivity contribution < 1.29 is 23.1 Å². The Bertz CT molecular complexity index is 1870. The van der Waals surface area contributed by atoms with Crippen molar-refractivity contribution in [2.75, 3.05) is 28.6 Å². The number of halogens is 3. The smallest absolute Gasteiger partial charge is 0.393 e. The first-order chi connectivity index (χ1) is 21.5. The molecule has 6 rings (SSSR count). The number of aromatic nitrogens is 2. The van der Waals surface area contributed by atoms with Crippen LogP contribution in [0.15, 0.2) is 85.1 Å². The number of aliphatic hydroxyl groups excluding tert-OH is 1. The molecule has 0 atom stereocenters. The predicted molar refractivity (Wildman–Crippen MR) is 171 cm³/mol. The van der Waals surface area contributed by atoms with E-state index < -0.39 is 17.6 Å². The van der Waals surface area contributed by atoms with Crippen LogP contribution in [0.3, 0.4) is 0 Å². The average Bonchev–Trinajstić information content (AvgIpc) is 3.02. The minimum atomic E-state index is -4.54. The first-order valence-electron chi connectivity index (χ1n) is 14.7. The van der Waals surface area contributed by atoms with Crippen molar-refractivity contribution in [3.05, 3.63) is 107 Å². The molecule has 10 heteroatoms. The molecule has 0 radical (unpaired) electrons. The molecule has 5 aromatic rings. The Balaban J connectivity index is 1.20. The van der Waals surface area contributed by atoms with Gasteiger partial charge in [-0.2, -0.15) is 13.2 Å². The van der Waals surface area contributed by atoms with E-state index >= 15 is 0 Å². The first kappa shape index (κ1) is 30.1. The van der Waals surface area contributed by atoms with Crippen LogP contribution in [-0.2, 0) is 6.18 Å². The molecule has 0 bridgehead atoms. The lowest BCUT2D eigenvalue weighted by molar-refractivity contribution is -0.137. The second-order valence-electron chi connectivity index (χ2n) is 11.4. The highest BCUT2D eigenvalue weighted by Gasteiger charge is 2.31. The Kier molecular flexibility index (Phi) is 8.16. The molecular weight excluding hydrogens is 579 g/mol. The number of fused-ring (bicyclic) bond motifs is 1. The number of aryl methyl sites for hydroxylation is 2. The Labute approximate surface area is 258 Å². The fourth-order valence-corrected chi connectivity index (χ4v) is 5.60. The van der Waals surface area contributed by atoms with Gasteiger partial charge in [-0.15, -0.1) is 0 Å². The third-order valence-corrected chi connectivity index (χ3v) is 8.09. The summed E-state index contributed by atoms with van der Waals surface area (Å²) >= 11 is 0. The molecule has 230 valence electrons. The summed E-state index contributed by atoms with van der Waals surface area (Å²) in [6.07, 6.45) is -1.43. The Morgan fingerprint density at radius 1 is 0.911 bits per heavy atom. The van der Waals surface area contributed by atoms with Gasteiger partial charge < -0.3 is 20.6 Å². The van der Waals surface area contributed by atoms with E-state index in [1.54, 1.807) is 12.3 Å². The van der Waals surface area contributed by atoms with Crippen LogP contribution >= 0.6 is 0 Å². The second kappa shape index (κ2) is 12.2. The maximum Gasteiger partial charge on any atom is 0.416 e. The van der Waals surface area contributed by atoms with Crippen molar-refractivity contribution in [2.24, 2.45) is 0 Å². The standard InChI is InChI=1S/C35H32F3N5O2/c1-21-6-7-28(40-33(45)23-4-3-5-26(18-23)35(36,37)38)19-31(21)24-16-22(2)32-25(17-24)20-39-34(42-32)41-27-8-10-29(11-9-27)43-14-12-30(44)13-15-43/h3-11,16-20,30,44H,12-15H2,1-2H3,(H,40,45)(H,39,41,42). The summed E-state index contributed by atoms with van der Waals surface area (Å²) in [4.78, 5) is 24.4. The Morgan fingerprint density at radius 3 is 2.38 bits per heavy atom. The summed E-state index contributed by atoms with van der Waals surface area (Å²) < 4.78 is 39.4. The van der Waals surface area contributed by atoms with Crippen LogP contribution in [0, 0.1) is 13.8 Å².